The summed E-state index contributed by atoms with van der Waals surface area (Å²) < 4.78 is 18.6. The highest BCUT2D eigenvalue weighted by Gasteiger charge is 2.29. The van der Waals surface area contributed by atoms with Crippen molar-refractivity contribution in [3.05, 3.63) is 29.6 Å². The topological polar surface area (TPSA) is 29.5 Å². The van der Waals surface area contributed by atoms with Crippen molar-refractivity contribution in [3.8, 4) is 5.75 Å². The Kier molecular flexibility index (Phi) is 3.92. The first-order valence-electron chi connectivity index (χ1n) is 5.44. The van der Waals surface area contributed by atoms with Crippen LogP contribution >= 0.6 is 0 Å². The molecule has 3 heteroatoms. The summed E-state index contributed by atoms with van der Waals surface area (Å²) in [5.74, 6) is 0.0381. The van der Waals surface area contributed by atoms with Crippen molar-refractivity contribution in [2.24, 2.45) is 5.41 Å². The minimum atomic E-state index is -0.802. The molecule has 1 aromatic rings. The van der Waals surface area contributed by atoms with Gasteiger partial charge in [0.1, 0.15) is 11.6 Å². The van der Waals surface area contributed by atoms with Gasteiger partial charge in [-0.2, -0.15) is 0 Å². The van der Waals surface area contributed by atoms with Crippen LogP contribution in [0.4, 0.5) is 4.39 Å². The number of hydrogen-bond donors (Lipinski definition) is 1. The molecule has 0 aliphatic rings. The molecule has 90 valence electrons. The largest absolute Gasteiger partial charge is 0.497 e. The number of ether oxygens (including phenoxy) is 1. The van der Waals surface area contributed by atoms with Gasteiger partial charge in [-0.15, -0.1) is 0 Å². The van der Waals surface area contributed by atoms with Crippen molar-refractivity contribution in [3.63, 3.8) is 0 Å². The van der Waals surface area contributed by atoms with E-state index < -0.39 is 11.9 Å². The summed E-state index contributed by atoms with van der Waals surface area (Å²) in [6.45, 7) is 5.81. The maximum atomic E-state index is 13.7. The molecular weight excluding hydrogens is 207 g/mol. The van der Waals surface area contributed by atoms with Crippen LogP contribution in [-0.2, 0) is 0 Å². The fraction of sp³-hybridized carbons (Fsp3) is 0.538. The van der Waals surface area contributed by atoms with Gasteiger partial charge in [0.05, 0.1) is 13.2 Å². The monoisotopic (exact) mass is 226 g/mol. The second-order valence-electron chi connectivity index (χ2n) is 4.63. The molecule has 0 heterocycles. The Hall–Kier alpha value is -1.09. The molecule has 0 aromatic heterocycles. The van der Waals surface area contributed by atoms with Crippen LogP contribution in [0.5, 0.6) is 5.75 Å². The zero-order valence-electron chi connectivity index (χ0n) is 10.2. The van der Waals surface area contributed by atoms with Crippen LogP contribution in [0.1, 0.15) is 38.9 Å². The molecule has 1 atom stereocenters. The van der Waals surface area contributed by atoms with E-state index in [0.717, 1.165) is 6.42 Å². The quantitative estimate of drug-likeness (QED) is 0.853. The van der Waals surface area contributed by atoms with E-state index in [4.69, 9.17) is 4.74 Å². The summed E-state index contributed by atoms with van der Waals surface area (Å²) >= 11 is 0. The van der Waals surface area contributed by atoms with E-state index >= 15 is 0 Å². The first-order chi connectivity index (χ1) is 7.42. The summed E-state index contributed by atoms with van der Waals surface area (Å²) in [6, 6.07) is 4.54. The summed E-state index contributed by atoms with van der Waals surface area (Å²) in [5, 5.41) is 10.1. The van der Waals surface area contributed by atoms with Crippen molar-refractivity contribution >= 4 is 0 Å². The van der Waals surface area contributed by atoms with Crippen molar-refractivity contribution < 1.29 is 14.2 Å². The molecule has 0 bridgehead atoms. The van der Waals surface area contributed by atoms with E-state index in [1.165, 1.54) is 13.2 Å². The van der Waals surface area contributed by atoms with Gasteiger partial charge in [-0.05, 0) is 24.0 Å². The SMILES string of the molecule is CCC(C)(C)C(O)c1ccc(OC)cc1F. The van der Waals surface area contributed by atoms with E-state index in [2.05, 4.69) is 0 Å². The average Bonchev–Trinajstić information content (AvgIpc) is 2.28. The number of methoxy groups -OCH3 is 1. The van der Waals surface area contributed by atoms with E-state index in [0.29, 0.717) is 11.3 Å². The van der Waals surface area contributed by atoms with Crippen molar-refractivity contribution in [2.45, 2.75) is 33.3 Å². The Morgan fingerprint density at radius 3 is 2.50 bits per heavy atom. The van der Waals surface area contributed by atoms with Crippen LogP contribution in [0, 0.1) is 11.2 Å². The highest BCUT2D eigenvalue weighted by Crippen LogP contribution is 2.37. The molecule has 16 heavy (non-hydrogen) atoms. The van der Waals surface area contributed by atoms with Crippen LogP contribution in [0.15, 0.2) is 18.2 Å². The molecule has 0 saturated carbocycles. The highest BCUT2D eigenvalue weighted by molar-refractivity contribution is 5.30. The van der Waals surface area contributed by atoms with Crippen LogP contribution in [-0.4, -0.2) is 12.2 Å². The molecule has 0 fully saturated rings. The Balaban J connectivity index is 3.05. The van der Waals surface area contributed by atoms with Crippen LogP contribution < -0.4 is 4.74 Å². The molecule has 1 aromatic carbocycles. The Bertz CT molecular complexity index is 361. The molecule has 1 rings (SSSR count). The lowest BCUT2D eigenvalue weighted by molar-refractivity contribution is 0.0435. The average molecular weight is 226 g/mol. The lowest BCUT2D eigenvalue weighted by atomic mass is 9.80. The predicted molar refractivity (Wildman–Crippen MR) is 62.0 cm³/mol. The van der Waals surface area contributed by atoms with Gasteiger partial charge in [0.15, 0.2) is 0 Å². The third-order valence-corrected chi connectivity index (χ3v) is 3.15. The molecule has 1 unspecified atom stereocenters. The van der Waals surface area contributed by atoms with Crippen LogP contribution in [0.25, 0.3) is 0 Å². The van der Waals surface area contributed by atoms with Gasteiger partial charge >= 0.3 is 0 Å². The molecule has 0 aliphatic carbocycles. The molecule has 0 aliphatic heterocycles. The number of benzene rings is 1. The third kappa shape index (κ3) is 2.53. The zero-order valence-corrected chi connectivity index (χ0v) is 10.2. The summed E-state index contributed by atoms with van der Waals surface area (Å²) in [7, 11) is 1.49. The Labute approximate surface area is 96.1 Å². The Morgan fingerprint density at radius 1 is 1.44 bits per heavy atom. The summed E-state index contributed by atoms with van der Waals surface area (Å²) in [5.41, 5.74) is -0.0113. The van der Waals surface area contributed by atoms with Gasteiger partial charge < -0.3 is 9.84 Å². The molecular formula is C13H19FO2. The highest BCUT2D eigenvalue weighted by atomic mass is 19.1. The van der Waals surface area contributed by atoms with Gasteiger partial charge in [0, 0.05) is 11.6 Å². The van der Waals surface area contributed by atoms with E-state index in [-0.39, 0.29) is 5.41 Å². The van der Waals surface area contributed by atoms with Gasteiger partial charge in [-0.1, -0.05) is 20.8 Å². The van der Waals surface area contributed by atoms with Crippen LogP contribution in [0.3, 0.4) is 0 Å². The fourth-order valence-corrected chi connectivity index (χ4v) is 1.47. The van der Waals surface area contributed by atoms with Gasteiger partial charge in [0.2, 0.25) is 0 Å². The van der Waals surface area contributed by atoms with E-state index in [9.17, 15) is 9.50 Å². The number of rotatable bonds is 4. The molecule has 0 amide bonds. The zero-order chi connectivity index (χ0) is 12.3. The van der Waals surface area contributed by atoms with Gasteiger partial charge in [0.25, 0.3) is 0 Å². The number of aliphatic hydroxyl groups is 1. The first kappa shape index (κ1) is 13.0. The third-order valence-electron chi connectivity index (χ3n) is 3.15. The van der Waals surface area contributed by atoms with E-state index in [1.54, 1.807) is 12.1 Å². The lowest BCUT2D eigenvalue weighted by Crippen LogP contribution is -2.21. The smallest absolute Gasteiger partial charge is 0.132 e. The Morgan fingerprint density at radius 2 is 2.06 bits per heavy atom. The first-order valence-corrected chi connectivity index (χ1v) is 5.44. The molecule has 0 spiro atoms. The number of aliphatic hydroxyl groups excluding tert-OH is 1. The molecule has 0 radical (unpaired) electrons. The van der Waals surface area contributed by atoms with E-state index in [1.807, 2.05) is 20.8 Å². The minimum Gasteiger partial charge on any atom is -0.497 e. The normalized spacial score (nSPS) is 13.6. The molecule has 0 saturated heterocycles. The van der Waals surface area contributed by atoms with Crippen molar-refractivity contribution in [1.29, 1.82) is 0 Å². The van der Waals surface area contributed by atoms with Crippen molar-refractivity contribution in [2.75, 3.05) is 7.11 Å². The standard InChI is InChI=1S/C13H19FO2/c1-5-13(2,3)12(15)10-7-6-9(16-4)8-11(10)14/h6-8,12,15H,5H2,1-4H3. The number of hydrogen-bond acceptors (Lipinski definition) is 2. The maximum Gasteiger partial charge on any atom is 0.132 e. The second kappa shape index (κ2) is 4.83. The summed E-state index contributed by atoms with van der Waals surface area (Å²) in [4.78, 5) is 0. The molecule has 2 nitrogen and oxygen atoms in total. The predicted octanol–water partition coefficient (Wildman–Crippen LogP) is 3.30. The second-order valence-corrected chi connectivity index (χ2v) is 4.63. The van der Waals surface area contributed by atoms with Gasteiger partial charge in [-0.25, -0.2) is 4.39 Å². The van der Waals surface area contributed by atoms with Gasteiger partial charge in [-0.3, -0.25) is 0 Å². The maximum absolute atomic E-state index is 13.7. The lowest BCUT2D eigenvalue weighted by Gasteiger charge is -2.29. The minimum absolute atomic E-state index is 0.327. The van der Waals surface area contributed by atoms with Crippen molar-refractivity contribution in [1.82, 2.24) is 0 Å². The fourth-order valence-electron chi connectivity index (χ4n) is 1.47. The molecule has 1 N–H and O–H groups in total. The van der Waals surface area contributed by atoms with Crippen LogP contribution in [0.2, 0.25) is 0 Å². The summed E-state index contributed by atoms with van der Waals surface area (Å²) in [6.07, 6.45) is -0.0250. The number of halogens is 1.